The smallest absolute Gasteiger partial charge is 0.248 e. The number of primary amides is 1. The maximum atomic E-state index is 11.2. The zero-order valence-electron chi connectivity index (χ0n) is 10.9. The molecule has 3 nitrogen and oxygen atoms in total. The van der Waals surface area contributed by atoms with Gasteiger partial charge in [0.1, 0.15) is 6.29 Å². The molecule has 0 radical (unpaired) electrons. The molecule has 0 aliphatic rings. The number of aldehydes is 1. The molecule has 0 unspecified atom stereocenters. The average molecular weight is 253 g/mol. The van der Waals surface area contributed by atoms with E-state index in [1.165, 1.54) is 0 Å². The van der Waals surface area contributed by atoms with Crippen LogP contribution in [0.5, 0.6) is 0 Å². The normalized spacial score (nSPS) is 10.2. The minimum absolute atomic E-state index is 0.457. The van der Waals surface area contributed by atoms with Gasteiger partial charge in [0, 0.05) is 11.1 Å². The van der Waals surface area contributed by atoms with Gasteiger partial charge in [0.05, 0.1) is 0 Å². The Bertz CT molecular complexity index is 660. The van der Waals surface area contributed by atoms with E-state index in [9.17, 15) is 9.59 Å². The first-order chi connectivity index (χ1) is 9.02. The third kappa shape index (κ3) is 2.55. The zero-order valence-corrected chi connectivity index (χ0v) is 10.9. The van der Waals surface area contributed by atoms with E-state index in [4.69, 9.17) is 5.73 Å². The second-order valence-electron chi connectivity index (χ2n) is 4.57. The maximum absolute atomic E-state index is 11.2. The molecule has 0 spiro atoms. The third-order valence-electron chi connectivity index (χ3n) is 3.31. The molecule has 19 heavy (non-hydrogen) atoms. The highest BCUT2D eigenvalue weighted by molar-refractivity contribution is 5.94. The molecule has 1 amide bonds. The molecule has 0 atom stereocenters. The molecule has 2 aromatic rings. The summed E-state index contributed by atoms with van der Waals surface area (Å²) in [5, 5.41) is 0. The summed E-state index contributed by atoms with van der Waals surface area (Å²) in [5.41, 5.74) is 10.2. The Morgan fingerprint density at radius 3 is 2.47 bits per heavy atom. The standard InChI is InChI=1S/C16H15NO2/c1-10-6-14(8-15(9-18)11(10)2)12-4-3-5-13(7-12)16(17)19/h3-9H,1-2H3,(H2,17,19). The highest BCUT2D eigenvalue weighted by Crippen LogP contribution is 2.25. The van der Waals surface area contributed by atoms with Crippen LogP contribution < -0.4 is 5.73 Å². The number of benzene rings is 2. The summed E-state index contributed by atoms with van der Waals surface area (Å²) >= 11 is 0. The fraction of sp³-hybridized carbons (Fsp3) is 0.125. The number of nitrogens with two attached hydrogens (primary N) is 1. The van der Waals surface area contributed by atoms with E-state index < -0.39 is 5.91 Å². The van der Waals surface area contributed by atoms with E-state index in [2.05, 4.69) is 0 Å². The van der Waals surface area contributed by atoms with Crippen LogP contribution in [0.2, 0.25) is 0 Å². The zero-order chi connectivity index (χ0) is 14.0. The van der Waals surface area contributed by atoms with Gasteiger partial charge in [-0.05, 0) is 54.3 Å². The first-order valence-corrected chi connectivity index (χ1v) is 5.99. The molecule has 96 valence electrons. The van der Waals surface area contributed by atoms with E-state index in [-0.39, 0.29) is 0 Å². The third-order valence-corrected chi connectivity index (χ3v) is 3.31. The second-order valence-corrected chi connectivity index (χ2v) is 4.57. The van der Waals surface area contributed by atoms with Gasteiger partial charge >= 0.3 is 0 Å². The highest BCUT2D eigenvalue weighted by Gasteiger charge is 2.07. The van der Waals surface area contributed by atoms with Gasteiger partial charge in [0.25, 0.3) is 0 Å². The largest absolute Gasteiger partial charge is 0.366 e. The van der Waals surface area contributed by atoms with Crippen LogP contribution in [0.1, 0.15) is 31.8 Å². The molecule has 0 heterocycles. The molecule has 0 bridgehead atoms. The minimum atomic E-state index is -0.457. The summed E-state index contributed by atoms with van der Waals surface area (Å²) in [7, 11) is 0. The topological polar surface area (TPSA) is 60.2 Å². The van der Waals surface area contributed by atoms with Crippen LogP contribution in [0.4, 0.5) is 0 Å². The van der Waals surface area contributed by atoms with Gasteiger partial charge < -0.3 is 5.73 Å². The number of aryl methyl sites for hydroxylation is 1. The quantitative estimate of drug-likeness (QED) is 0.855. The lowest BCUT2D eigenvalue weighted by Gasteiger charge is -2.09. The maximum Gasteiger partial charge on any atom is 0.248 e. The Labute approximate surface area is 112 Å². The van der Waals surface area contributed by atoms with Crippen molar-refractivity contribution in [2.75, 3.05) is 0 Å². The molecule has 0 fully saturated rings. The molecule has 0 aliphatic carbocycles. The van der Waals surface area contributed by atoms with Crippen molar-refractivity contribution in [2.24, 2.45) is 5.73 Å². The van der Waals surface area contributed by atoms with Crippen molar-refractivity contribution in [1.29, 1.82) is 0 Å². The molecule has 0 saturated heterocycles. The summed E-state index contributed by atoms with van der Waals surface area (Å²) in [4.78, 5) is 22.3. The van der Waals surface area contributed by atoms with Crippen LogP contribution in [0.3, 0.4) is 0 Å². The van der Waals surface area contributed by atoms with Gasteiger partial charge in [-0.2, -0.15) is 0 Å². The molecule has 2 rings (SSSR count). The molecule has 2 N–H and O–H groups in total. The number of carbonyl (C=O) groups excluding carboxylic acids is 2. The number of carbonyl (C=O) groups is 2. The minimum Gasteiger partial charge on any atom is -0.366 e. The van der Waals surface area contributed by atoms with E-state index in [0.717, 1.165) is 28.5 Å². The summed E-state index contributed by atoms with van der Waals surface area (Å²) < 4.78 is 0. The second kappa shape index (κ2) is 5.06. The molecule has 2 aromatic carbocycles. The van der Waals surface area contributed by atoms with Crippen molar-refractivity contribution < 1.29 is 9.59 Å². The van der Waals surface area contributed by atoms with E-state index >= 15 is 0 Å². The first-order valence-electron chi connectivity index (χ1n) is 5.99. The van der Waals surface area contributed by atoms with Crippen molar-refractivity contribution >= 4 is 12.2 Å². The highest BCUT2D eigenvalue weighted by atomic mass is 16.1. The fourth-order valence-corrected chi connectivity index (χ4v) is 2.03. The van der Waals surface area contributed by atoms with Crippen LogP contribution in [0, 0.1) is 13.8 Å². The predicted octanol–water partition coefficient (Wildman–Crippen LogP) is 2.88. The number of rotatable bonds is 3. The lowest BCUT2D eigenvalue weighted by atomic mass is 9.95. The van der Waals surface area contributed by atoms with Crippen LogP contribution in [-0.2, 0) is 0 Å². The van der Waals surface area contributed by atoms with Gasteiger partial charge in [-0.25, -0.2) is 0 Å². The Balaban J connectivity index is 2.59. The fourth-order valence-electron chi connectivity index (χ4n) is 2.03. The lowest BCUT2D eigenvalue weighted by molar-refractivity contribution is 0.1000. The van der Waals surface area contributed by atoms with Gasteiger partial charge in [0.15, 0.2) is 0 Å². The van der Waals surface area contributed by atoms with Gasteiger partial charge in [0.2, 0.25) is 5.91 Å². The van der Waals surface area contributed by atoms with E-state index in [1.807, 2.05) is 32.0 Å². The van der Waals surface area contributed by atoms with E-state index in [1.54, 1.807) is 18.2 Å². The summed E-state index contributed by atoms with van der Waals surface area (Å²) in [6, 6.07) is 10.9. The number of hydrogen-bond acceptors (Lipinski definition) is 2. The average Bonchev–Trinajstić information content (AvgIpc) is 2.41. The molecule has 0 aromatic heterocycles. The molecular formula is C16H15NO2. The van der Waals surface area contributed by atoms with Crippen molar-refractivity contribution in [3.05, 3.63) is 58.7 Å². The van der Waals surface area contributed by atoms with Crippen molar-refractivity contribution in [3.8, 4) is 11.1 Å². The predicted molar refractivity (Wildman–Crippen MR) is 75.3 cm³/mol. The Morgan fingerprint density at radius 2 is 1.84 bits per heavy atom. The first kappa shape index (κ1) is 13.0. The monoisotopic (exact) mass is 253 g/mol. The summed E-state index contributed by atoms with van der Waals surface area (Å²) in [6.07, 6.45) is 0.851. The number of amides is 1. The molecule has 0 aliphatic heterocycles. The molecule has 3 heteroatoms. The molecule has 0 saturated carbocycles. The Hall–Kier alpha value is -2.42. The van der Waals surface area contributed by atoms with Crippen LogP contribution >= 0.6 is 0 Å². The van der Waals surface area contributed by atoms with Gasteiger partial charge in [-0.1, -0.05) is 18.2 Å². The van der Waals surface area contributed by atoms with Gasteiger partial charge in [-0.3, -0.25) is 9.59 Å². The summed E-state index contributed by atoms with van der Waals surface area (Å²) in [6.45, 7) is 3.88. The Morgan fingerprint density at radius 1 is 1.11 bits per heavy atom. The van der Waals surface area contributed by atoms with Crippen LogP contribution in [0.25, 0.3) is 11.1 Å². The van der Waals surface area contributed by atoms with Crippen molar-refractivity contribution in [2.45, 2.75) is 13.8 Å². The van der Waals surface area contributed by atoms with Crippen LogP contribution in [0.15, 0.2) is 36.4 Å². The van der Waals surface area contributed by atoms with Crippen LogP contribution in [-0.4, -0.2) is 12.2 Å². The SMILES string of the molecule is Cc1cc(-c2cccc(C(N)=O)c2)cc(C=O)c1C. The van der Waals surface area contributed by atoms with E-state index in [0.29, 0.717) is 11.1 Å². The summed E-state index contributed by atoms with van der Waals surface area (Å²) in [5.74, 6) is -0.457. The van der Waals surface area contributed by atoms with Gasteiger partial charge in [-0.15, -0.1) is 0 Å². The van der Waals surface area contributed by atoms with Crippen molar-refractivity contribution in [3.63, 3.8) is 0 Å². The number of hydrogen-bond donors (Lipinski definition) is 1. The Kier molecular flexibility index (Phi) is 3.47. The lowest BCUT2D eigenvalue weighted by Crippen LogP contribution is -2.10. The van der Waals surface area contributed by atoms with Crippen molar-refractivity contribution in [1.82, 2.24) is 0 Å². The molecular weight excluding hydrogens is 238 g/mol.